The van der Waals surface area contributed by atoms with Crippen molar-refractivity contribution in [3.05, 3.63) is 35.2 Å². The Kier molecular flexibility index (Phi) is 3.05. The highest BCUT2D eigenvalue weighted by Gasteiger charge is 2.31. The molecule has 0 unspecified atom stereocenters. The molecule has 0 fully saturated rings. The highest BCUT2D eigenvalue weighted by Crippen LogP contribution is 2.22. The zero-order valence-electron chi connectivity index (χ0n) is 8.15. The van der Waals surface area contributed by atoms with E-state index in [1.165, 1.54) is 16.8 Å². The van der Waals surface area contributed by atoms with Gasteiger partial charge in [-0.15, -0.1) is 13.2 Å². The van der Waals surface area contributed by atoms with Crippen molar-refractivity contribution in [1.29, 1.82) is 0 Å². The highest BCUT2D eigenvalue weighted by molar-refractivity contribution is 9.10. The zero-order chi connectivity index (χ0) is 12.5. The van der Waals surface area contributed by atoms with Crippen LogP contribution in [-0.4, -0.2) is 21.1 Å². The number of halogens is 4. The van der Waals surface area contributed by atoms with Crippen LogP contribution in [0.25, 0.3) is 5.82 Å². The maximum absolute atomic E-state index is 11.9. The van der Waals surface area contributed by atoms with Gasteiger partial charge in [-0.25, -0.2) is 9.67 Å². The number of pyridine rings is 1. The van der Waals surface area contributed by atoms with Crippen molar-refractivity contribution < 1.29 is 17.9 Å². The molecule has 0 aliphatic rings. The first kappa shape index (κ1) is 11.9. The van der Waals surface area contributed by atoms with E-state index in [4.69, 9.17) is 0 Å². The number of nitrogens with zero attached hydrogens (tertiary/aromatic N) is 3. The fourth-order valence-electron chi connectivity index (χ4n) is 1.13. The summed E-state index contributed by atoms with van der Waals surface area (Å²) in [7, 11) is 0. The van der Waals surface area contributed by atoms with Gasteiger partial charge in [-0.3, -0.25) is 0 Å². The molecule has 0 radical (unpaired) electrons. The van der Waals surface area contributed by atoms with Gasteiger partial charge in [0.25, 0.3) is 0 Å². The summed E-state index contributed by atoms with van der Waals surface area (Å²) in [6.07, 6.45) is -2.10. The van der Waals surface area contributed by atoms with Crippen LogP contribution in [0.2, 0.25) is 0 Å². The predicted molar refractivity (Wildman–Crippen MR) is 55.7 cm³/mol. The Labute approximate surface area is 102 Å². The van der Waals surface area contributed by atoms with Gasteiger partial charge < -0.3 is 4.74 Å². The summed E-state index contributed by atoms with van der Waals surface area (Å²) in [6, 6.07) is 4.23. The van der Waals surface area contributed by atoms with Gasteiger partial charge in [-0.05, 0) is 34.1 Å². The van der Waals surface area contributed by atoms with Crippen LogP contribution in [0.15, 0.2) is 35.2 Å². The Hall–Kier alpha value is -1.57. The first-order chi connectivity index (χ1) is 7.94. The van der Waals surface area contributed by atoms with Crippen LogP contribution in [0, 0.1) is 0 Å². The molecule has 0 amide bonds. The van der Waals surface area contributed by atoms with Gasteiger partial charge in [0.2, 0.25) is 0 Å². The average molecular weight is 308 g/mol. The smallest absolute Gasteiger partial charge is 0.404 e. The van der Waals surface area contributed by atoms with E-state index in [2.05, 4.69) is 30.7 Å². The topological polar surface area (TPSA) is 39.9 Å². The molecular formula is C9H5BrF3N3O. The van der Waals surface area contributed by atoms with Crippen molar-refractivity contribution in [1.82, 2.24) is 14.8 Å². The molecule has 8 heteroatoms. The average Bonchev–Trinajstić information content (AvgIpc) is 2.63. The second kappa shape index (κ2) is 4.36. The minimum Gasteiger partial charge on any atom is -0.404 e. The summed E-state index contributed by atoms with van der Waals surface area (Å²) in [6.45, 7) is 0. The van der Waals surface area contributed by atoms with Crippen LogP contribution in [0.1, 0.15) is 0 Å². The summed E-state index contributed by atoms with van der Waals surface area (Å²) < 4.78 is 41.4. The van der Waals surface area contributed by atoms with Gasteiger partial charge in [-0.2, -0.15) is 5.10 Å². The Balaban J connectivity index is 2.19. The molecule has 2 aromatic heterocycles. The van der Waals surface area contributed by atoms with E-state index in [1.807, 2.05) is 0 Å². The van der Waals surface area contributed by atoms with Crippen LogP contribution in [0.3, 0.4) is 0 Å². The predicted octanol–water partition coefficient (Wildman–Crippen LogP) is 2.93. The van der Waals surface area contributed by atoms with Gasteiger partial charge in [0.15, 0.2) is 5.82 Å². The molecule has 17 heavy (non-hydrogen) atoms. The summed E-state index contributed by atoms with van der Waals surface area (Å²) in [5, 5.41) is 3.99. The van der Waals surface area contributed by atoms with Crippen molar-refractivity contribution in [2.45, 2.75) is 6.36 Å². The van der Waals surface area contributed by atoms with Gasteiger partial charge in [0.05, 0.1) is 6.20 Å². The third-order valence-electron chi connectivity index (χ3n) is 1.75. The fraction of sp³-hybridized carbons (Fsp3) is 0.111. The lowest BCUT2D eigenvalue weighted by Gasteiger charge is -2.08. The van der Waals surface area contributed by atoms with Crippen molar-refractivity contribution >= 4 is 15.9 Å². The van der Waals surface area contributed by atoms with Crippen molar-refractivity contribution in [3.8, 4) is 11.6 Å². The van der Waals surface area contributed by atoms with Crippen LogP contribution >= 0.6 is 15.9 Å². The minimum atomic E-state index is -4.71. The normalized spacial score (nSPS) is 11.5. The number of hydrogen-bond donors (Lipinski definition) is 0. The minimum absolute atomic E-state index is 0.368. The van der Waals surface area contributed by atoms with Crippen molar-refractivity contribution in [2.75, 3.05) is 0 Å². The Morgan fingerprint density at radius 3 is 2.47 bits per heavy atom. The molecular weight excluding hydrogens is 303 g/mol. The molecule has 0 aliphatic carbocycles. The third kappa shape index (κ3) is 3.19. The summed E-state index contributed by atoms with van der Waals surface area (Å²) in [5.41, 5.74) is 0. The van der Waals surface area contributed by atoms with Gasteiger partial charge in [0.1, 0.15) is 10.4 Å². The van der Waals surface area contributed by atoms with E-state index >= 15 is 0 Å². The molecule has 0 spiro atoms. The quantitative estimate of drug-likeness (QED) is 0.856. The molecule has 2 aromatic rings. The van der Waals surface area contributed by atoms with E-state index in [0.717, 1.165) is 6.20 Å². The molecule has 2 heterocycles. The molecule has 0 atom stereocenters. The van der Waals surface area contributed by atoms with Crippen LogP contribution in [-0.2, 0) is 0 Å². The summed E-state index contributed by atoms with van der Waals surface area (Å²) >= 11 is 3.15. The molecule has 0 bridgehead atoms. The first-order valence-corrected chi connectivity index (χ1v) is 5.17. The van der Waals surface area contributed by atoms with E-state index in [0.29, 0.717) is 10.4 Å². The molecule has 0 aromatic carbocycles. The lowest BCUT2D eigenvalue weighted by Crippen LogP contribution is -2.17. The molecule has 0 saturated heterocycles. The maximum atomic E-state index is 11.9. The molecule has 2 rings (SSSR count). The zero-order valence-corrected chi connectivity index (χ0v) is 9.73. The van der Waals surface area contributed by atoms with E-state index < -0.39 is 6.36 Å². The number of aromatic nitrogens is 3. The largest absolute Gasteiger partial charge is 0.573 e. The van der Waals surface area contributed by atoms with Gasteiger partial charge in [0, 0.05) is 6.20 Å². The van der Waals surface area contributed by atoms with Crippen LogP contribution in [0.4, 0.5) is 13.2 Å². The number of rotatable bonds is 2. The molecule has 0 aliphatic heterocycles. The van der Waals surface area contributed by atoms with Crippen LogP contribution < -0.4 is 4.74 Å². The Bertz CT molecular complexity index is 509. The first-order valence-electron chi connectivity index (χ1n) is 4.37. The lowest BCUT2D eigenvalue weighted by molar-refractivity contribution is -0.274. The number of hydrogen-bond acceptors (Lipinski definition) is 3. The van der Waals surface area contributed by atoms with E-state index in [-0.39, 0.29) is 5.75 Å². The molecule has 0 N–H and O–H groups in total. The second-order valence-corrected chi connectivity index (χ2v) is 3.80. The second-order valence-electron chi connectivity index (χ2n) is 2.98. The van der Waals surface area contributed by atoms with Crippen molar-refractivity contribution in [3.63, 3.8) is 0 Å². The molecule has 90 valence electrons. The van der Waals surface area contributed by atoms with Crippen molar-refractivity contribution in [2.24, 2.45) is 0 Å². The van der Waals surface area contributed by atoms with E-state index in [9.17, 15) is 13.2 Å². The maximum Gasteiger partial charge on any atom is 0.573 e. The summed E-state index contributed by atoms with van der Waals surface area (Å²) in [5.74, 6) is 0.0256. The fourth-order valence-corrected chi connectivity index (χ4v) is 1.42. The monoisotopic (exact) mass is 307 g/mol. The van der Waals surface area contributed by atoms with Crippen LogP contribution in [0.5, 0.6) is 5.75 Å². The van der Waals surface area contributed by atoms with E-state index in [1.54, 1.807) is 12.3 Å². The highest BCUT2D eigenvalue weighted by atomic mass is 79.9. The number of ether oxygens (including phenoxy) is 1. The number of alkyl halides is 3. The Morgan fingerprint density at radius 1 is 1.24 bits per heavy atom. The molecule has 4 nitrogen and oxygen atoms in total. The standard InChI is InChI=1S/C9H5BrF3N3O/c10-7-3-4-16(15-7)8-2-1-6(5-14-8)17-9(11,12)13/h1-5H. The van der Waals surface area contributed by atoms with Gasteiger partial charge in [-0.1, -0.05) is 0 Å². The molecule has 0 saturated carbocycles. The summed E-state index contributed by atoms with van der Waals surface area (Å²) in [4.78, 5) is 3.80. The lowest BCUT2D eigenvalue weighted by atomic mass is 10.4. The third-order valence-corrected chi connectivity index (χ3v) is 2.17. The van der Waals surface area contributed by atoms with Gasteiger partial charge >= 0.3 is 6.36 Å². The SMILES string of the molecule is FC(F)(F)Oc1ccc(-n2ccc(Br)n2)nc1. The Morgan fingerprint density at radius 2 is 2.00 bits per heavy atom.